The SMILES string of the molecule is Cc1c(C)c(C)[c-](C)c1C.Cc1c(C)c(C)[c-](C)c1C.[Cl-].[Cl-].[Cl-].[Cl-].[U+4]. The quantitative estimate of drug-likeness (QED) is 0.250. The van der Waals surface area contributed by atoms with E-state index in [0.717, 1.165) is 0 Å². The molecule has 0 heterocycles. The third-order valence-electron chi connectivity index (χ3n) is 5.62. The van der Waals surface area contributed by atoms with Crippen molar-refractivity contribution in [1.82, 2.24) is 0 Å². The Bertz CT molecular complexity index is 420. The zero-order valence-corrected chi connectivity index (χ0v) is 24.2. The van der Waals surface area contributed by atoms with Gasteiger partial charge in [-0.25, -0.2) is 0 Å². The van der Waals surface area contributed by atoms with E-state index in [9.17, 15) is 0 Å². The minimum absolute atomic E-state index is 0. The zero-order chi connectivity index (χ0) is 15.8. The molecule has 2 rings (SSSR count). The van der Waals surface area contributed by atoms with Crippen LogP contribution in [0, 0.1) is 100 Å². The zero-order valence-electron chi connectivity index (χ0n) is 17.0. The van der Waals surface area contributed by atoms with Gasteiger partial charge in [0.05, 0.1) is 0 Å². The van der Waals surface area contributed by atoms with Crippen molar-refractivity contribution in [3.05, 3.63) is 55.6 Å². The third kappa shape index (κ3) is 7.81. The Balaban J connectivity index is -0.0000000889. The van der Waals surface area contributed by atoms with Crippen molar-refractivity contribution in [3.8, 4) is 0 Å². The molecule has 0 atom stereocenters. The molecular formula is C20H30Cl4U-2. The number of rotatable bonds is 0. The predicted octanol–water partition coefficient (Wildman–Crippen LogP) is -6.09. The van der Waals surface area contributed by atoms with E-state index in [-0.39, 0.29) is 80.7 Å². The molecular weight excluding hydrogens is 620 g/mol. The molecule has 0 bridgehead atoms. The average molecular weight is 650 g/mol. The van der Waals surface area contributed by atoms with Crippen molar-refractivity contribution in [2.45, 2.75) is 69.2 Å². The van der Waals surface area contributed by atoms with Crippen LogP contribution in [0.15, 0.2) is 0 Å². The number of hydrogen-bond acceptors (Lipinski definition) is 0. The summed E-state index contributed by atoms with van der Waals surface area (Å²) in [6, 6.07) is 0. The molecule has 0 nitrogen and oxygen atoms in total. The monoisotopic (exact) mass is 648 g/mol. The van der Waals surface area contributed by atoms with Crippen LogP contribution in [0.5, 0.6) is 0 Å². The van der Waals surface area contributed by atoms with Crippen molar-refractivity contribution in [2.24, 2.45) is 0 Å². The van der Waals surface area contributed by atoms with Gasteiger partial charge in [-0.3, -0.25) is 0 Å². The third-order valence-corrected chi connectivity index (χ3v) is 5.62. The molecule has 0 radical (unpaired) electrons. The predicted molar refractivity (Wildman–Crippen MR) is 91.4 cm³/mol. The number of hydrogen-bond donors (Lipinski definition) is 0. The molecule has 144 valence electrons. The molecule has 0 fully saturated rings. The van der Waals surface area contributed by atoms with Crippen molar-refractivity contribution >= 4 is 0 Å². The Morgan fingerprint density at radius 1 is 0.400 bits per heavy atom. The smallest absolute Gasteiger partial charge is 1.00 e. The largest absolute Gasteiger partial charge is 4.00 e. The van der Waals surface area contributed by atoms with Crippen molar-refractivity contribution in [3.63, 3.8) is 0 Å². The fourth-order valence-electron chi connectivity index (χ4n) is 2.81. The Labute approximate surface area is 204 Å². The molecule has 2 aromatic rings. The topological polar surface area (TPSA) is 0 Å². The summed E-state index contributed by atoms with van der Waals surface area (Å²) in [4.78, 5) is 0. The summed E-state index contributed by atoms with van der Waals surface area (Å²) in [5, 5.41) is 0. The minimum atomic E-state index is 0. The molecule has 0 N–H and O–H groups in total. The van der Waals surface area contributed by atoms with Crippen LogP contribution < -0.4 is 49.6 Å². The second-order valence-corrected chi connectivity index (χ2v) is 6.25. The van der Waals surface area contributed by atoms with E-state index in [1.807, 2.05) is 0 Å². The van der Waals surface area contributed by atoms with Crippen LogP contribution in [0.25, 0.3) is 0 Å². The van der Waals surface area contributed by atoms with Gasteiger partial charge in [0.25, 0.3) is 0 Å². The van der Waals surface area contributed by atoms with Gasteiger partial charge in [0.15, 0.2) is 0 Å². The van der Waals surface area contributed by atoms with E-state index in [4.69, 9.17) is 0 Å². The summed E-state index contributed by atoms with van der Waals surface area (Å²) < 4.78 is 0. The van der Waals surface area contributed by atoms with Gasteiger partial charge in [0.1, 0.15) is 0 Å². The maximum atomic E-state index is 2.20. The molecule has 0 aliphatic heterocycles. The standard InChI is InChI=1S/2C10H15.4ClH.U/c2*1-6-7(2)9(4)10(5)8(6)3;;;;;/h2*1-5H3;4*1H;/q2*-1;;;;;+4/p-4. The Morgan fingerprint density at radius 3 is 0.560 bits per heavy atom. The number of halogens is 4. The van der Waals surface area contributed by atoms with E-state index in [0.29, 0.717) is 0 Å². The summed E-state index contributed by atoms with van der Waals surface area (Å²) >= 11 is 0. The van der Waals surface area contributed by atoms with Crippen molar-refractivity contribution < 1.29 is 80.7 Å². The van der Waals surface area contributed by atoms with Crippen LogP contribution in [0.4, 0.5) is 0 Å². The van der Waals surface area contributed by atoms with E-state index < -0.39 is 0 Å². The van der Waals surface area contributed by atoms with Gasteiger partial charge in [-0.1, -0.05) is 69.2 Å². The normalized spacial score (nSPS) is 8.40. The average Bonchev–Trinajstić information content (AvgIpc) is 2.71. The first-order valence-corrected chi connectivity index (χ1v) is 7.50. The van der Waals surface area contributed by atoms with Gasteiger partial charge in [-0.05, 0) is 0 Å². The molecule has 5 heteroatoms. The van der Waals surface area contributed by atoms with Crippen molar-refractivity contribution in [2.75, 3.05) is 0 Å². The van der Waals surface area contributed by atoms with Gasteiger partial charge in [0, 0.05) is 0 Å². The molecule has 2 aromatic carbocycles. The molecule has 0 aliphatic rings. The maximum absolute atomic E-state index is 2.20. The summed E-state index contributed by atoms with van der Waals surface area (Å²) in [7, 11) is 0. The summed E-state index contributed by atoms with van der Waals surface area (Å²) in [6.07, 6.45) is 0. The van der Waals surface area contributed by atoms with Gasteiger partial charge >= 0.3 is 31.1 Å². The van der Waals surface area contributed by atoms with E-state index >= 15 is 0 Å². The molecule has 0 aromatic heterocycles. The van der Waals surface area contributed by atoms with Crippen LogP contribution in [0.2, 0.25) is 0 Å². The van der Waals surface area contributed by atoms with Gasteiger partial charge in [-0.2, -0.15) is 55.6 Å². The first kappa shape index (κ1) is 36.8. The van der Waals surface area contributed by atoms with Gasteiger partial charge in [0.2, 0.25) is 0 Å². The van der Waals surface area contributed by atoms with Gasteiger partial charge < -0.3 is 49.6 Å². The molecule has 0 unspecified atom stereocenters. The molecule has 0 saturated heterocycles. The first-order chi connectivity index (χ1) is 9.11. The molecule has 0 spiro atoms. The first-order valence-electron chi connectivity index (χ1n) is 7.50. The molecule has 0 saturated carbocycles. The molecule has 25 heavy (non-hydrogen) atoms. The molecule has 0 amide bonds. The fraction of sp³-hybridized carbons (Fsp3) is 0.500. The second-order valence-electron chi connectivity index (χ2n) is 6.25. The van der Waals surface area contributed by atoms with Crippen LogP contribution in [-0.2, 0) is 0 Å². The Kier molecular flexibility index (Phi) is 21.9. The van der Waals surface area contributed by atoms with E-state index in [1.165, 1.54) is 55.6 Å². The Hall–Kier alpha value is 0.912. The summed E-state index contributed by atoms with van der Waals surface area (Å²) in [5.41, 5.74) is 14.7. The van der Waals surface area contributed by atoms with Gasteiger partial charge in [-0.15, -0.1) is 0 Å². The molecule has 0 aliphatic carbocycles. The van der Waals surface area contributed by atoms with Crippen LogP contribution in [-0.4, -0.2) is 0 Å². The summed E-state index contributed by atoms with van der Waals surface area (Å²) in [6.45, 7) is 22.0. The van der Waals surface area contributed by atoms with Crippen LogP contribution in [0.3, 0.4) is 0 Å². The van der Waals surface area contributed by atoms with Crippen LogP contribution >= 0.6 is 0 Å². The van der Waals surface area contributed by atoms with E-state index in [2.05, 4.69) is 69.2 Å². The minimum Gasteiger partial charge on any atom is -1.00 e. The van der Waals surface area contributed by atoms with Crippen molar-refractivity contribution in [1.29, 1.82) is 0 Å². The van der Waals surface area contributed by atoms with E-state index in [1.54, 1.807) is 0 Å². The fourth-order valence-corrected chi connectivity index (χ4v) is 2.81. The summed E-state index contributed by atoms with van der Waals surface area (Å²) in [5.74, 6) is 0. The van der Waals surface area contributed by atoms with Crippen LogP contribution in [0.1, 0.15) is 55.6 Å². The maximum Gasteiger partial charge on any atom is 4.00 e. The Morgan fingerprint density at radius 2 is 0.520 bits per heavy atom. The second kappa shape index (κ2) is 14.9.